The third kappa shape index (κ3) is 7.75. The van der Waals surface area contributed by atoms with Gasteiger partial charge in [-0.3, -0.25) is 4.98 Å². The van der Waals surface area contributed by atoms with Crippen LogP contribution in [0.1, 0.15) is 39.3 Å². The summed E-state index contributed by atoms with van der Waals surface area (Å²) in [5.41, 5.74) is 6.63. The van der Waals surface area contributed by atoms with Gasteiger partial charge in [0.1, 0.15) is 17.6 Å². The van der Waals surface area contributed by atoms with Crippen LogP contribution in [0.2, 0.25) is 0 Å². The predicted octanol–water partition coefficient (Wildman–Crippen LogP) is 8.49. The molecule has 0 bridgehead atoms. The molecule has 2 aromatic heterocycles. The lowest BCUT2D eigenvalue weighted by atomic mass is 9.94. The van der Waals surface area contributed by atoms with Crippen LogP contribution in [0, 0.1) is 0 Å². The van der Waals surface area contributed by atoms with Gasteiger partial charge in [-0.15, -0.1) is 11.8 Å². The molecular formula is C35H40N4O2S. The van der Waals surface area contributed by atoms with E-state index in [0.717, 1.165) is 51.1 Å². The smallest absolute Gasteiger partial charge is 0.136 e. The summed E-state index contributed by atoms with van der Waals surface area (Å²) in [5.74, 6) is 0.890. The second-order valence-corrected chi connectivity index (χ2v) is 11.3. The van der Waals surface area contributed by atoms with E-state index in [1.807, 2.05) is 19.2 Å². The molecule has 0 saturated heterocycles. The van der Waals surface area contributed by atoms with E-state index in [1.165, 1.54) is 11.1 Å². The molecule has 0 aliphatic carbocycles. The van der Waals surface area contributed by atoms with Crippen LogP contribution in [0.25, 0.3) is 33.0 Å². The van der Waals surface area contributed by atoms with Gasteiger partial charge in [0.25, 0.3) is 0 Å². The van der Waals surface area contributed by atoms with E-state index < -0.39 is 0 Å². The monoisotopic (exact) mass is 580 g/mol. The van der Waals surface area contributed by atoms with E-state index in [1.54, 1.807) is 11.8 Å². The number of hydrogen-bond acceptors (Lipinski definition) is 7. The highest BCUT2D eigenvalue weighted by atomic mass is 32.2. The van der Waals surface area contributed by atoms with Gasteiger partial charge in [0.2, 0.25) is 0 Å². The summed E-state index contributed by atoms with van der Waals surface area (Å²) in [4.78, 5) is 17.9. The lowest BCUT2D eigenvalue weighted by Gasteiger charge is -2.23. The molecule has 6 nitrogen and oxygen atoms in total. The van der Waals surface area contributed by atoms with Crippen molar-refractivity contribution in [3.8, 4) is 22.3 Å². The molecule has 0 saturated carbocycles. The molecule has 5 rings (SSSR count). The van der Waals surface area contributed by atoms with Crippen LogP contribution in [0.15, 0.2) is 102 Å². The first-order valence-corrected chi connectivity index (χ1v) is 14.9. The van der Waals surface area contributed by atoms with E-state index in [-0.39, 0.29) is 11.6 Å². The second kappa shape index (κ2) is 15.1. The third-order valence-electron chi connectivity index (χ3n) is 6.48. The van der Waals surface area contributed by atoms with Gasteiger partial charge in [0.15, 0.2) is 0 Å². The summed E-state index contributed by atoms with van der Waals surface area (Å²) in [5, 5.41) is 17.6. The van der Waals surface area contributed by atoms with E-state index in [0.29, 0.717) is 0 Å². The van der Waals surface area contributed by atoms with Gasteiger partial charge < -0.3 is 20.5 Å². The normalized spacial score (nSPS) is 11.4. The maximum absolute atomic E-state index is 8.00. The van der Waals surface area contributed by atoms with Crippen molar-refractivity contribution in [1.29, 1.82) is 0 Å². The predicted molar refractivity (Wildman–Crippen MR) is 179 cm³/mol. The highest BCUT2D eigenvalue weighted by molar-refractivity contribution is 7.98. The lowest BCUT2D eigenvalue weighted by Crippen LogP contribution is -2.26. The lowest BCUT2D eigenvalue weighted by molar-refractivity contribution is -0.0980. The Bertz CT molecular complexity index is 1570. The molecule has 218 valence electrons. The average molecular weight is 581 g/mol. The van der Waals surface area contributed by atoms with Gasteiger partial charge in [-0.05, 0) is 62.1 Å². The van der Waals surface area contributed by atoms with Crippen LogP contribution in [0.4, 0.5) is 11.5 Å². The van der Waals surface area contributed by atoms with Gasteiger partial charge >= 0.3 is 0 Å². The first-order chi connectivity index (χ1) is 20.3. The minimum atomic E-state index is -0.0647. The third-order valence-corrected chi connectivity index (χ3v) is 7.16. The zero-order valence-electron chi connectivity index (χ0n) is 25.2. The number of aromatic nitrogens is 2. The molecule has 0 fully saturated rings. The number of thioether (sulfide) groups is 1. The Hall–Kier alpha value is -4.20. The number of carbonyl (C=O) groups excluding carboxylic acids is 1. The minimum Gasteiger partial charge on any atom is -0.400 e. The van der Waals surface area contributed by atoms with Gasteiger partial charge in [-0.2, -0.15) is 0 Å². The van der Waals surface area contributed by atoms with E-state index in [9.17, 15) is 0 Å². The number of aliphatic hydroxyl groups excluding tert-OH is 1. The van der Waals surface area contributed by atoms with Crippen molar-refractivity contribution < 1.29 is 9.90 Å². The van der Waals surface area contributed by atoms with Gasteiger partial charge in [0, 0.05) is 47.6 Å². The van der Waals surface area contributed by atoms with Crippen molar-refractivity contribution in [2.24, 2.45) is 0 Å². The fraction of sp³-hybridized carbons (Fsp3) is 0.229. The highest BCUT2D eigenvalue weighted by Crippen LogP contribution is 2.43. The zero-order chi connectivity index (χ0) is 30.7. The molecule has 0 spiro atoms. The number of benzene rings is 3. The molecule has 2 heterocycles. The quantitative estimate of drug-likeness (QED) is 0.166. The van der Waals surface area contributed by atoms with Gasteiger partial charge in [-0.1, -0.05) is 78.9 Å². The van der Waals surface area contributed by atoms with Crippen LogP contribution in [-0.2, 0) is 4.79 Å². The van der Waals surface area contributed by atoms with Crippen molar-refractivity contribution in [2.75, 3.05) is 24.0 Å². The number of nitrogens with one attached hydrogen (secondary N) is 2. The average Bonchev–Trinajstić information content (AvgIpc) is 3.02. The fourth-order valence-corrected chi connectivity index (χ4v) is 5.46. The van der Waals surface area contributed by atoms with E-state index in [4.69, 9.17) is 14.9 Å². The number of pyridine rings is 2. The van der Waals surface area contributed by atoms with Gasteiger partial charge in [0.05, 0.1) is 5.69 Å². The molecule has 0 aliphatic heterocycles. The maximum atomic E-state index is 8.00. The Morgan fingerprint density at radius 2 is 1.50 bits per heavy atom. The molecule has 0 amide bonds. The van der Waals surface area contributed by atoms with Crippen LogP contribution in [0.3, 0.4) is 0 Å². The maximum Gasteiger partial charge on any atom is 0.136 e. The topological polar surface area (TPSA) is 87.1 Å². The molecule has 0 radical (unpaired) electrons. The summed E-state index contributed by atoms with van der Waals surface area (Å²) in [6.07, 6.45) is 5.92. The molecule has 7 heteroatoms. The van der Waals surface area contributed by atoms with Crippen LogP contribution in [-0.4, -0.2) is 40.8 Å². The summed E-state index contributed by atoms with van der Waals surface area (Å²) >= 11 is 1.66. The largest absolute Gasteiger partial charge is 0.400 e. The van der Waals surface area contributed by atoms with Crippen LogP contribution in [0.5, 0.6) is 0 Å². The summed E-state index contributed by atoms with van der Waals surface area (Å²) < 4.78 is 0. The SMILES string of the molecule is C=O.CO.CSc1nc(NC(C)c2ccccc2)c2c(-c3ccccc3)cccc2c1-c1cncc(NC(C)(C)C)c1. The van der Waals surface area contributed by atoms with E-state index in [2.05, 4.69) is 134 Å². The molecule has 3 N–H and O–H groups in total. The Labute approximate surface area is 253 Å². The molecule has 5 aromatic rings. The first-order valence-electron chi connectivity index (χ1n) is 13.7. The van der Waals surface area contributed by atoms with Crippen molar-refractivity contribution in [1.82, 2.24) is 9.97 Å². The number of hydrogen-bond donors (Lipinski definition) is 3. The van der Waals surface area contributed by atoms with Crippen LogP contribution >= 0.6 is 11.8 Å². The van der Waals surface area contributed by atoms with E-state index >= 15 is 0 Å². The zero-order valence-corrected chi connectivity index (χ0v) is 26.0. The van der Waals surface area contributed by atoms with Crippen molar-refractivity contribution >= 4 is 40.8 Å². The number of aliphatic hydroxyl groups is 1. The standard InChI is InChI=1S/C33H34N4S.CH4O.CH2O/c1-22(23-13-8-6-9-14-23)35-31-30-27(24-15-10-7-11-16-24)17-12-18-28(30)29(32(36-31)38-5)25-19-26(21-34-20-25)37-33(2,3)4;2*1-2/h6-22,37H,1-5H3,(H,35,36);2H,1H3;1H2. The molecule has 42 heavy (non-hydrogen) atoms. The Morgan fingerprint density at radius 1 is 0.857 bits per heavy atom. The number of nitrogens with zero attached hydrogens (tertiary/aromatic N) is 2. The Balaban J connectivity index is 0.00000116. The molecule has 3 aromatic carbocycles. The first kappa shape index (κ1) is 32.3. The minimum absolute atomic E-state index is 0.0647. The summed E-state index contributed by atoms with van der Waals surface area (Å²) in [6.45, 7) is 10.7. The highest BCUT2D eigenvalue weighted by Gasteiger charge is 2.21. The van der Waals surface area contributed by atoms with Crippen molar-refractivity contribution in [3.05, 3.63) is 103 Å². The fourth-order valence-electron chi connectivity index (χ4n) is 4.84. The van der Waals surface area contributed by atoms with Gasteiger partial charge in [-0.25, -0.2) is 4.98 Å². The summed E-state index contributed by atoms with van der Waals surface area (Å²) in [7, 11) is 1.00. The number of fused-ring (bicyclic) bond motifs is 1. The number of carbonyl (C=O) groups is 1. The number of rotatable bonds is 7. The van der Waals surface area contributed by atoms with Crippen molar-refractivity contribution in [3.63, 3.8) is 0 Å². The Kier molecular flexibility index (Phi) is 11.7. The molecule has 1 atom stereocenters. The van der Waals surface area contributed by atoms with Crippen LogP contribution < -0.4 is 10.6 Å². The second-order valence-electron chi connectivity index (χ2n) is 10.6. The molecular weight excluding hydrogens is 540 g/mol. The molecule has 0 aliphatic rings. The Morgan fingerprint density at radius 3 is 2.12 bits per heavy atom. The summed E-state index contributed by atoms with van der Waals surface area (Å²) in [6, 6.07) is 29.9. The number of anilines is 2. The van der Waals surface area contributed by atoms with Crippen molar-refractivity contribution in [2.45, 2.75) is 44.3 Å². The molecule has 1 unspecified atom stereocenters.